The third kappa shape index (κ3) is 1.96. The molecule has 0 radical (unpaired) electrons. The molecule has 0 saturated carbocycles. The Morgan fingerprint density at radius 1 is 1.19 bits per heavy atom. The molecule has 0 aromatic rings. The van der Waals surface area contributed by atoms with Gasteiger partial charge in [-0.1, -0.05) is 36.4 Å². The normalized spacial score (nSPS) is 11.1. The number of fused-ring (bicyclic) bond motifs is 1. The van der Waals surface area contributed by atoms with Crippen molar-refractivity contribution in [1.82, 2.24) is 0 Å². The van der Waals surface area contributed by atoms with E-state index >= 15 is 0 Å². The third-order valence-corrected chi connectivity index (χ3v) is 2.55. The molecule has 2 rings (SSSR count). The Hall–Kier alpha value is -2.09. The van der Waals surface area contributed by atoms with E-state index in [-0.39, 0.29) is 0 Å². The van der Waals surface area contributed by atoms with Gasteiger partial charge in [0, 0.05) is 6.08 Å². The summed E-state index contributed by atoms with van der Waals surface area (Å²) in [5.74, 6) is -0.924. The zero-order valence-corrected chi connectivity index (χ0v) is 8.97. The first kappa shape index (κ1) is 10.4. The van der Waals surface area contributed by atoms with Crippen molar-refractivity contribution in [2.24, 2.45) is 0 Å². The van der Waals surface area contributed by atoms with Crippen LogP contribution in [0, 0.1) is 6.92 Å². The van der Waals surface area contributed by atoms with Gasteiger partial charge in [0.05, 0.1) is 0 Å². The summed E-state index contributed by atoms with van der Waals surface area (Å²) in [6.45, 7) is 2.03. The van der Waals surface area contributed by atoms with Gasteiger partial charge in [0.1, 0.15) is 0 Å². The van der Waals surface area contributed by atoms with Crippen LogP contribution in [-0.4, -0.2) is 11.1 Å². The summed E-state index contributed by atoms with van der Waals surface area (Å²) >= 11 is 0. The maximum absolute atomic E-state index is 10.5. The van der Waals surface area contributed by atoms with Gasteiger partial charge >= 0.3 is 5.97 Å². The summed E-state index contributed by atoms with van der Waals surface area (Å²) in [6, 6.07) is 12.0. The van der Waals surface area contributed by atoms with Crippen molar-refractivity contribution in [2.45, 2.75) is 6.92 Å². The minimum Gasteiger partial charge on any atom is -0.478 e. The molecule has 0 fully saturated rings. The van der Waals surface area contributed by atoms with Gasteiger partial charge in [-0.15, -0.1) is 0 Å². The fourth-order valence-electron chi connectivity index (χ4n) is 1.83. The lowest BCUT2D eigenvalue weighted by atomic mass is 10.1. The largest absolute Gasteiger partial charge is 0.478 e. The molecule has 80 valence electrons. The highest BCUT2D eigenvalue weighted by atomic mass is 16.4. The van der Waals surface area contributed by atoms with Gasteiger partial charge in [0.25, 0.3) is 0 Å². The SMILES string of the molecule is Cc1cc(/C=C/C(=O)O)c2cccccc1-2. The second-order valence-corrected chi connectivity index (χ2v) is 3.69. The summed E-state index contributed by atoms with van der Waals surface area (Å²) in [4.78, 5) is 10.5. The molecule has 2 nitrogen and oxygen atoms in total. The number of aliphatic carboxylic acids is 1. The quantitative estimate of drug-likeness (QED) is 0.776. The standard InChI is InChI=1S/C14H12O2/c1-10-9-11(7-8-14(15)16)13-6-4-2-3-5-12(10)13/h2-9H,1H3,(H,15,16)/b8-7+. The minimum atomic E-state index is -0.924. The van der Waals surface area contributed by atoms with Gasteiger partial charge in [0.2, 0.25) is 0 Å². The van der Waals surface area contributed by atoms with Gasteiger partial charge in [-0.3, -0.25) is 0 Å². The van der Waals surface area contributed by atoms with Crippen LogP contribution in [0.4, 0.5) is 0 Å². The predicted molar refractivity (Wildman–Crippen MR) is 64.5 cm³/mol. The van der Waals surface area contributed by atoms with Gasteiger partial charge < -0.3 is 5.11 Å². The van der Waals surface area contributed by atoms with Gasteiger partial charge in [-0.05, 0) is 35.3 Å². The fraction of sp³-hybridized carbons (Fsp3) is 0.0714. The molecule has 0 unspecified atom stereocenters. The van der Waals surface area contributed by atoms with Crippen LogP contribution in [0.3, 0.4) is 0 Å². The number of carboxylic acids is 1. The van der Waals surface area contributed by atoms with E-state index in [2.05, 4.69) is 0 Å². The van der Waals surface area contributed by atoms with Crippen molar-refractivity contribution in [1.29, 1.82) is 0 Å². The molecule has 0 amide bonds. The van der Waals surface area contributed by atoms with Gasteiger partial charge in [-0.25, -0.2) is 4.79 Å². The van der Waals surface area contributed by atoms with Crippen LogP contribution < -0.4 is 0 Å². The zero-order valence-electron chi connectivity index (χ0n) is 8.97. The zero-order chi connectivity index (χ0) is 11.5. The molecule has 0 spiro atoms. The van der Waals surface area contributed by atoms with Crippen molar-refractivity contribution < 1.29 is 9.90 Å². The van der Waals surface area contributed by atoms with E-state index in [9.17, 15) is 4.79 Å². The van der Waals surface area contributed by atoms with Crippen LogP contribution >= 0.6 is 0 Å². The van der Waals surface area contributed by atoms with Gasteiger partial charge in [0.15, 0.2) is 0 Å². The molecule has 1 N–H and O–H groups in total. The second-order valence-electron chi connectivity index (χ2n) is 3.69. The summed E-state index contributed by atoms with van der Waals surface area (Å²) in [6.07, 6.45) is 2.80. The molecular formula is C14H12O2. The first-order valence-corrected chi connectivity index (χ1v) is 5.08. The van der Waals surface area contributed by atoms with Crippen LogP contribution in [0.1, 0.15) is 11.1 Å². The summed E-state index contributed by atoms with van der Waals surface area (Å²) in [5.41, 5.74) is 4.36. The van der Waals surface area contributed by atoms with Crippen LogP contribution in [0.25, 0.3) is 17.2 Å². The monoisotopic (exact) mass is 212 g/mol. The molecule has 0 aromatic carbocycles. The van der Waals surface area contributed by atoms with E-state index < -0.39 is 5.97 Å². The topological polar surface area (TPSA) is 37.3 Å². The number of carbonyl (C=O) groups is 1. The molecular weight excluding hydrogens is 200 g/mol. The van der Waals surface area contributed by atoms with E-state index in [0.717, 1.165) is 22.3 Å². The first-order chi connectivity index (χ1) is 7.68. The predicted octanol–water partition coefficient (Wildman–Crippen LogP) is 3.20. The van der Waals surface area contributed by atoms with Crippen molar-refractivity contribution >= 4 is 12.0 Å². The Morgan fingerprint density at radius 2 is 1.88 bits per heavy atom. The number of carboxylic acid groups (broad SMARTS) is 1. The molecule has 0 saturated heterocycles. The highest BCUT2D eigenvalue weighted by Crippen LogP contribution is 2.31. The number of hydrogen-bond acceptors (Lipinski definition) is 1. The summed E-state index contributed by atoms with van der Waals surface area (Å²) in [7, 11) is 0. The van der Waals surface area contributed by atoms with Gasteiger partial charge in [-0.2, -0.15) is 0 Å². The van der Waals surface area contributed by atoms with E-state index in [1.807, 2.05) is 43.3 Å². The highest BCUT2D eigenvalue weighted by molar-refractivity contribution is 5.89. The Kier molecular flexibility index (Phi) is 2.73. The fourth-order valence-corrected chi connectivity index (χ4v) is 1.83. The lowest BCUT2D eigenvalue weighted by Gasteiger charge is -1.95. The summed E-state index contributed by atoms with van der Waals surface area (Å²) < 4.78 is 0. The number of rotatable bonds is 2. The molecule has 0 heterocycles. The first-order valence-electron chi connectivity index (χ1n) is 5.08. The van der Waals surface area contributed by atoms with Crippen molar-refractivity contribution in [3.8, 4) is 11.1 Å². The van der Waals surface area contributed by atoms with Crippen molar-refractivity contribution in [3.63, 3.8) is 0 Å². The molecule has 2 aliphatic rings. The van der Waals surface area contributed by atoms with E-state index in [1.54, 1.807) is 6.08 Å². The third-order valence-electron chi connectivity index (χ3n) is 2.55. The van der Waals surface area contributed by atoms with E-state index in [0.29, 0.717) is 0 Å². The Balaban J connectivity index is 2.54. The van der Waals surface area contributed by atoms with Crippen molar-refractivity contribution in [3.05, 3.63) is 53.6 Å². The highest BCUT2D eigenvalue weighted by Gasteiger charge is 2.09. The Bertz CT molecular complexity index is 526. The number of hydrogen-bond donors (Lipinski definition) is 1. The molecule has 0 bridgehead atoms. The maximum atomic E-state index is 10.5. The van der Waals surface area contributed by atoms with E-state index in [4.69, 9.17) is 5.11 Å². The Morgan fingerprint density at radius 3 is 2.56 bits per heavy atom. The van der Waals surface area contributed by atoms with Crippen molar-refractivity contribution in [2.75, 3.05) is 0 Å². The van der Waals surface area contributed by atoms with Crippen LogP contribution in [0.15, 0.2) is 42.5 Å². The molecule has 2 heteroatoms. The average Bonchev–Trinajstić information content (AvgIpc) is 2.43. The lowest BCUT2D eigenvalue weighted by Crippen LogP contribution is -1.85. The lowest BCUT2D eigenvalue weighted by molar-refractivity contribution is -0.131. The molecule has 0 aliphatic heterocycles. The average molecular weight is 212 g/mol. The number of aryl methyl sites for hydroxylation is 1. The van der Waals surface area contributed by atoms with Crippen LogP contribution in [-0.2, 0) is 4.79 Å². The van der Waals surface area contributed by atoms with E-state index in [1.165, 1.54) is 6.08 Å². The molecule has 2 aliphatic carbocycles. The molecule has 0 aromatic heterocycles. The summed E-state index contributed by atoms with van der Waals surface area (Å²) in [5, 5.41) is 8.62. The van der Waals surface area contributed by atoms with Crippen LogP contribution in [0.2, 0.25) is 0 Å². The Labute approximate surface area is 94.2 Å². The molecule has 16 heavy (non-hydrogen) atoms. The maximum Gasteiger partial charge on any atom is 0.328 e. The smallest absolute Gasteiger partial charge is 0.328 e. The minimum absolute atomic E-state index is 0.924. The molecule has 0 atom stereocenters. The second kappa shape index (κ2) is 4.19. The van der Waals surface area contributed by atoms with Crippen LogP contribution in [0.5, 0.6) is 0 Å².